The van der Waals surface area contributed by atoms with Crippen LogP contribution in [-0.2, 0) is 0 Å². The number of pyridine rings is 2. The summed E-state index contributed by atoms with van der Waals surface area (Å²) >= 11 is 0.892. The van der Waals surface area contributed by atoms with Gasteiger partial charge in [0.2, 0.25) is 0 Å². The molecule has 0 bridgehead atoms. The Hall–Kier alpha value is -3.70. The van der Waals surface area contributed by atoms with E-state index >= 15 is 0 Å². The molecule has 1 aromatic carbocycles. The summed E-state index contributed by atoms with van der Waals surface area (Å²) in [5, 5.41) is 13.3. The third-order valence-electron chi connectivity index (χ3n) is 5.82. The second-order valence-corrected chi connectivity index (χ2v) is 9.18. The Morgan fingerprint density at radius 2 is 1.86 bits per heavy atom. The first kappa shape index (κ1) is 23.1. The molecular formula is C24H19F3N4O3S. The molecule has 4 aromatic rings. The van der Waals surface area contributed by atoms with Gasteiger partial charge in [0.25, 0.3) is 11.5 Å². The monoisotopic (exact) mass is 500 g/mol. The number of amides is 1. The number of hydrogen-bond acceptors (Lipinski definition) is 6. The number of para-hydroxylation sites is 1. The number of carbonyl (C=O) groups is 1. The van der Waals surface area contributed by atoms with E-state index in [0.29, 0.717) is 18.4 Å². The van der Waals surface area contributed by atoms with Crippen molar-refractivity contribution in [3.63, 3.8) is 0 Å². The van der Waals surface area contributed by atoms with Crippen molar-refractivity contribution >= 4 is 39.0 Å². The van der Waals surface area contributed by atoms with Crippen LogP contribution in [0.3, 0.4) is 0 Å². The Morgan fingerprint density at radius 3 is 2.51 bits per heavy atom. The average molecular weight is 501 g/mol. The SMILES string of the molecule is Cc1nc(Nc2c(C(=O)N3CC[C@@H](O)C3)sc3c2ccc(=O)n3-c2c(F)cccc2F)ccc1F. The molecule has 1 atom stereocenters. The highest BCUT2D eigenvalue weighted by atomic mass is 32.1. The zero-order chi connectivity index (χ0) is 24.9. The molecule has 0 radical (unpaired) electrons. The Bertz CT molecular complexity index is 1510. The number of aliphatic hydroxyl groups excluding tert-OH is 1. The number of carbonyl (C=O) groups excluding carboxylic acids is 1. The number of likely N-dealkylation sites (tertiary alicyclic amines) is 1. The molecule has 0 aliphatic carbocycles. The number of anilines is 2. The first-order valence-electron chi connectivity index (χ1n) is 10.7. The standard InChI is InChI=1S/C24H19F3N4O3S/c1-12-15(25)6-7-18(28-12)29-20-14-5-8-19(33)31(21-16(26)3-2-4-17(21)27)24(14)35-22(20)23(34)30-10-9-13(32)11-30/h2-8,13,32H,9-11H2,1H3,(H,28,29)/t13-/m1/s1. The molecule has 7 nitrogen and oxygen atoms in total. The number of fused-ring (bicyclic) bond motifs is 1. The summed E-state index contributed by atoms with van der Waals surface area (Å²) in [6.07, 6.45) is -0.236. The lowest BCUT2D eigenvalue weighted by Gasteiger charge is -2.16. The van der Waals surface area contributed by atoms with Crippen LogP contribution in [-0.4, -0.2) is 44.7 Å². The fourth-order valence-corrected chi connectivity index (χ4v) is 5.31. The van der Waals surface area contributed by atoms with E-state index in [0.717, 1.165) is 34.1 Å². The third-order valence-corrected chi connectivity index (χ3v) is 7.00. The molecular weight excluding hydrogens is 481 g/mol. The summed E-state index contributed by atoms with van der Waals surface area (Å²) in [6, 6.07) is 8.51. The Morgan fingerprint density at radius 1 is 1.11 bits per heavy atom. The smallest absolute Gasteiger partial charge is 0.266 e. The molecule has 1 amide bonds. The number of benzene rings is 1. The Labute approximate surface area is 201 Å². The summed E-state index contributed by atoms with van der Waals surface area (Å²) in [5.41, 5.74) is -0.835. The van der Waals surface area contributed by atoms with Crippen LogP contribution < -0.4 is 10.9 Å². The highest BCUT2D eigenvalue weighted by molar-refractivity contribution is 7.21. The van der Waals surface area contributed by atoms with Crippen molar-refractivity contribution in [3.8, 4) is 5.69 Å². The molecule has 5 rings (SSSR count). The lowest BCUT2D eigenvalue weighted by molar-refractivity contribution is 0.0770. The summed E-state index contributed by atoms with van der Waals surface area (Å²) in [6.45, 7) is 1.95. The minimum Gasteiger partial charge on any atom is -0.391 e. The van der Waals surface area contributed by atoms with E-state index in [1.165, 1.54) is 36.1 Å². The second-order valence-electron chi connectivity index (χ2n) is 8.18. The van der Waals surface area contributed by atoms with Gasteiger partial charge in [-0.2, -0.15) is 0 Å². The van der Waals surface area contributed by atoms with E-state index in [-0.39, 0.29) is 33.5 Å². The summed E-state index contributed by atoms with van der Waals surface area (Å²) < 4.78 is 44.0. The number of aromatic nitrogens is 2. The molecule has 0 unspecified atom stereocenters. The van der Waals surface area contributed by atoms with E-state index in [9.17, 15) is 27.9 Å². The fraction of sp³-hybridized carbons (Fsp3) is 0.208. The van der Waals surface area contributed by atoms with Gasteiger partial charge in [-0.3, -0.25) is 14.2 Å². The number of rotatable bonds is 4. The molecule has 11 heteroatoms. The zero-order valence-electron chi connectivity index (χ0n) is 18.4. The van der Waals surface area contributed by atoms with Gasteiger partial charge >= 0.3 is 0 Å². The summed E-state index contributed by atoms with van der Waals surface area (Å²) in [5.74, 6) is -2.55. The molecule has 1 aliphatic rings. The minimum absolute atomic E-state index is 0.134. The van der Waals surface area contributed by atoms with Gasteiger partial charge in [-0.15, -0.1) is 11.3 Å². The van der Waals surface area contributed by atoms with Crippen LogP contribution in [0.4, 0.5) is 24.7 Å². The van der Waals surface area contributed by atoms with E-state index in [2.05, 4.69) is 10.3 Å². The van der Waals surface area contributed by atoms with Crippen LogP contribution in [0.2, 0.25) is 0 Å². The lowest BCUT2D eigenvalue weighted by atomic mass is 10.2. The lowest BCUT2D eigenvalue weighted by Crippen LogP contribution is -2.29. The van der Waals surface area contributed by atoms with Crippen LogP contribution in [0.25, 0.3) is 15.9 Å². The van der Waals surface area contributed by atoms with E-state index in [4.69, 9.17) is 0 Å². The third kappa shape index (κ3) is 4.06. The maximum absolute atomic E-state index is 14.7. The molecule has 0 saturated carbocycles. The van der Waals surface area contributed by atoms with Gasteiger partial charge in [-0.05, 0) is 43.7 Å². The number of aliphatic hydroxyl groups is 1. The van der Waals surface area contributed by atoms with E-state index < -0.39 is 40.7 Å². The highest BCUT2D eigenvalue weighted by Gasteiger charge is 2.30. The van der Waals surface area contributed by atoms with E-state index in [1.807, 2.05) is 0 Å². The van der Waals surface area contributed by atoms with Crippen molar-refractivity contribution in [3.05, 3.63) is 80.8 Å². The predicted octanol–water partition coefficient (Wildman–Crippen LogP) is 4.12. The number of β-amino-alcohol motifs (C(OH)–C–C–N with tert-alkyl or cyclic N) is 1. The maximum Gasteiger partial charge on any atom is 0.266 e. The van der Waals surface area contributed by atoms with Crippen molar-refractivity contribution in [2.75, 3.05) is 18.4 Å². The van der Waals surface area contributed by atoms with Gasteiger partial charge < -0.3 is 15.3 Å². The van der Waals surface area contributed by atoms with Gasteiger partial charge in [-0.1, -0.05) is 6.07 Å². The molecule has 1 saturated heterocycles. The highest BCUT2D eigenvalue weighted by Crippen LogP contribution is 2.39. The molecule has 3 aromatic heterocycles. The number of halogens is 3. The van der Waals surface area contributed by atoms with Crippen molar-refractivity contribution < 1.29 is 23.1 Å². The predicted molar refractivity (Wildman–Crippen MR) is 126 cm³/mol. The van der Waals surface area contributed by atoms with Crippen LogP contribution in [0, 0.1) is 24.4 Å². The first-order valence-corrected chi connectivity index (χ1v) is 11.6. The number of thiophene rings is 1. The van der Waals surface area contributed by atoms with Crippen molar-refractivity contribution in [1.82, 2.24) is 14.5 Å². The summed E-state index contributed by atoms with van der Waals surface area (Å²) in [4.78, 5) is 32.2. The molecule has 4 heterocycles. The Kier molecular flexibility index (Phi) is 5.81. The van der Waals surface area contributed by atoms with Crippen LogP contribution >= 0.6 is 11.3 Å². The van der Waals surface area contributed by atoms with Crippen LogP contribution in [0.5, 0.6) is 0 Å². The van der Waals surface area contributed by atoms with Crippen LogP contribution in [0.15, 0.2) is 47.3 Å². The molecule has 180 valence electrons. The molecule has 1 fully saturated rings. The average Bonchev–Trinajstić information content (AvgIpc) is 3.41. The van der Waals surface area contributed by atoms with Crippen LogP contribution in [0.1, 0.15) is 21.8 Å². The number of hydrogen-bond donors (Lipinski definition) is 2. The second kappa shape index (κ2) is 8.82. The van der Waals surface area contributed by atoms with Gasteiger partial charge in [0, 0.05) is 24.5 Å². The minimum atomic E-state index is -0.936. The van der Waals surface area contributed by atoms with Gasteiger partial charge in [-0.25, -0.2) is 18.2 Å². The topological polar surface area (TPSA) is 87.5 Å². The maximum atomic E-state index is 14.7. The summed E-state index contributed by atoms with van der Waals surface area (Å²) in [7, 11) is 0. The van der Waals surface area contributed by atoms with Crippen molar-refractivity contribution in [2.45, 2.75) is 19.4 Å². The number of aryl methyl sites for hydroxylation is 1. The number of nitrogens with zero attached hydrogens (tertiary/aromatic N) is 3. The zero-order valence-corrected chi connectivity index (χ0v) is 19.2. The Balaban J connectivity index is 1.75. The quantitative estimate of drug-likeness (QED) is 0.440. The van der Waals surface area contributed by atoms with Crippen molar-refractivity contribution in [2.24, 2.45) is 0 Å². The largest absolute Gasteiger partial charge is 0.391 e. The molecule has 0 spiro atoms. The molecule has 1 aliphatic heterocycles. The van der Waals surface area contributed by atoms with Crippen molar-refractivity contribution in [1.29, 1.82) is 0 Å². The fourth-order valence-electron chi connectivity index (χ4n) is 4.08. The van der Waals surface area contributed by atoms with Gasteiger partial charge in [0.05, 0.1) is 17.5 Å². The van der Waals surface area contributed by atoms with E-state index in [1.54, 1.807) is 0 Å². The number of nitrogens with one attached hydrogen (secondary N) is 1. The first-order chi connectivity index (χ1) is 16.7. The molecule has 35 heavy (non-hydrogen) atoms. The molecule has 2 N–H and O–H groups in total. The van der Waals surface area contributed by atoms with Gasteiger partial charge in [0.15, 0.2) is 0 Å². The normalized spacial score (nSPS) is 15.7. The van der Waals surface area contributed by atoms with Gasteiger partial charge in [0.1, 0.15) is 38.7 Å².